The van der Waals surface area contributed by atoms with E-state index in [0.717, 1.165) is 13.0 Å². The highest BCUT2D eigenvalue weighted by molar-refractivity contribution is 7.89. The number of hydrogen-bond acceptors (Lipinski definition) is 5. The van der Waals surface area contributed by atoms with Crippen LogP contribution >= 0.6 is 0 Å². The van der Waals surface area contributed by atoms with Gasteiger partial charge < -0.3 is 10.1 Å². The van der Waals surface area contributed by atoms with Crippen LogP contribution < -0.4 is 10.0 Å². The normalized spacial score (nSPS) is 18.4. The monoisotopic (exact) mass is 313 g/mol. The van der Waals surface area contributed by atoms with Crippen molar-refractivity contribution in [2.75, 3.05) is 25.1 Å². The second kappa shape index (κ2) is 6.72. The zero-order chi connectivity index (χ0) is 15.3. The zero-order valence-electron chi connectivity index (χ0n) is 12.6. The molecule has 0 aliphatic carbocycles. The molecule has 2 rings (SSSR count). The molecule has 0 atom stereocenters. The zero-order valence-corrected chi connectivity index (χ0v) is 13.4. The first-order chi connectivity index (χ1) is 9.95. The minimum Gasteiger partial charge on any atom is -0.381 e. The Hall–Kier alpha value is -1.18. The second-order valence-corrected chi connectivity index (χ2v) is 7.26. The maximum atomic E-state index is 12.5. The summed E-state index contributed by atoms with van der Waals surface area (Å²) in [7, 11) is -3.55. The van der Waals surface area contributed by atoms with Gasteiger partial charge in [0.2, 0.25) is 10.0 Å². The molecule has 7 heteroatoms. The predicted molar refractivity (Wildman–Crippen MR) is 81.8 cm³/mol. The van der Waals surface area contributed by atoms with Crippen LogP contribution in [-0.4, -0.2) is 38.7 Å². The average Bonchev–Trinajstić information content (AvgIpc) is 2.45. The summed E-state index contributed by atoms with van der Waals surface area (Å²) in [6.45, 7) is 5.89. The van der Waals surface area contributed by atoms with Crippen LogP contribution in [0.1, 0.15) is 33.1 Å². The van der Waals surface area contributed by atoms with Gasteiger partial charge in [0.1, 0.15) is 5.82 Å². The van der Waals surface area contributed by atoms with Gasteiger partial charge in [-0.3, -0.25) is 0 Å². The topological polar surface area (TPSA) is 80.3 Å². The van der Waals surface area contributed by atoms with Crippen molar-refractivity contribution in [3.63, 3.8) is 0 Å². The van der Waals surface area contributed by atoms with E-state index in [9.17, 15) is 8.42 Å². The number of rotatable bonds is 6. The molecule has 1 aliphatic heterocycles. The van der Waals surface area contributed by atoms with Gasteiger partial charge in [-0.15, -0.1) is 0 Å². The number of sulfonamides is 1. The first-order valence-electron chi connectivity index (χ1n) is 7.27. The minimum absolute atomic E-state index is 0.240. The second-order valence-electron chi connectivity index (χ2n) is 5.58. The average molecular weight is 313 g/mol. The molecule has 1 fully saturated rings. The van der Waals surface area contributed by atoms with Crippen molar-refractivity contribution in [3.05, 3.63) is 18.3 Å². The number of pyridine rings is 1. The summed E-state index contributed by atoms with van der Waals surface area (Å²) in [5.41, 5.74) is -0.447. The molecule has 0 spiro atoms. The summed E-state index contributed by atoms with van der Waals surface area (Å²) in [4.78, 5) is 4.37. The number of ether oxygens (including phenoxy) is 1. The predicted octanol–water partition coefficient (Wildman–Crippen LogP) is 1.75. The van der Waals surface area contributed by atoms with Gasteiger partial charge in [0.25, 0.3) is 0 Å². The number of nitrogens with zero attached hydrogens (tertiary/aromatic N) is 1. The lowest BCUT2D eigenvalue weighted by molar-refractivity contribution is 0.0537. The third-order valence-corrected chi connectivity index (χ3v) is 5.21. The number of nitrogens with one attached hydrogen (secondary N) is 2. The molecule has 0 bridgehead atoms. The number of anilines is 1. The smallest absolute Gasteiger partial charge is 0.241 e. The maximum Gasteiger partial charge on any atom is 0.241 e. The molecule has 2 heterocycles. The molecular weight excluding hydrogens is 290 g/mol. The van der Waals surface area contributed by atoms with E-state index < -0.39 is 15.6 Å². The van der Waals surface area contributed by atoms with Crippen LogP contribution in [0.2, 0.25) is 0 Å². The molecule has 6 nitrogen and oxygen atoms in total. The summed E-state index contributed by atoms with van der Waals surface area (Å²) < 4.78 is 33.1. The van der Waals surface area contributed by atoms with Gasteiger partial charge in [0.15, 0.2) is 0 Å². The van der Waals surface area contributed by atoms with Crippen LogP contribution in [0.25, 0.3) is 0 Å². The van der Waals surface area contributed by atoms with Crippen molar-refractivity contribution in [1.82, 2.24) is 9.71 Å². The Bertz CT molecular complexity index is 569. The lowest BCUT2D eigenvalue weighted by Crippen LogP contribution is -2.49. The van der Waals surface area contributed by atoms with E-state index in [1.165, 1.54) is 12.3 Å². The van der Waals surface area contributed by atoms with Gasteiger partial charge in [-0.1, -0.05) is 6.92 Å². The third kappa shape index (κ3) is 4.39. The van der Waals surface area contributed by atoms with Gasteiger partial charge in [-0.25, -0.2) is 18.1 Å². The summed E-state index contributed by atoms with van der Waals surface area (Å²) in [5.74, 6) is 0.580. The van der Waals surface area contributed by atoms with Crippen molar-refractivity contribution in [3.8, 4) is 0 Å². The molecule has 0 radical (unpaired) electrons. The van der Waals surface area contributed by atoms with Gasteiger partial charge in [0.05, 0.1) is 4.90 Å². The van der Waals surface area contributed by atoms with Crippen LogP contribution in [0.15, 0.2) is 23.2 Å². The molecule has 2 N–H and O–H groups in total. The molecule has 0 saturated carbocycles. The van der Waals surface area contributed by atoms with Crippen molar-refractivity contribution in [1.29, 1.82) is 0 Å². The number of aromatic nitrogens is 1. The van der Waals surface area contributed by atoms with E-state index >= 15 is 0 Å². The SMILES string of the molecule is CCCNc1cc(S(=O)(=O)NC2(C)CCOCC2)ccn1. The molecule has 21 heavy (non-hydrogen) atoms. The highest BCUT2D eigenvalue weighted by Gasteiger charge is 2.32. The summed E-state index contributed by atoms with van der Waals surface area (Å²) >= 11 is 0. The fourth-order valence-electron chi connectivity index (χ4n) is 2.24. The maximum absolute atomic E-state index is 12.5. The molecule has 1 aliphatic rings. The van der Waals surface area contributed by atoms with Crippen molar-refractivity contribution in [2.45, 2.75) is 43.5 Å². The lowest BCUT2D eigenvalue weighted by atomic mass is 9.94. The van der Waals surface area contributed by atoms with E-state index in [2.05, 4.69) is 15.0 Å². The highest BCUT2D eigenvalue weighted by Crippen LogP contribution is 2.23. The quantitative estimate of drug-likeness (QED) is 0.836. The van der Waals surface area contributed by atoms with Gasteiger partial charge in [0, 0.05) is 37.6 Å². The van der Waals surface area contributed by atoms with E-state index in [1.54, 1.807) is 6.07 Å². The van der Waals surface area contributed by atoms with Crippen molar-refractivity contribution in [2.24, 2.45) is 0 Å². The molecule has 0 aromatic carbocycles. The van der Waals surface area contributed by atoms with Crippen LogP contribution in [0.3, 0.4) is 0 Å². The largest absolute Gasteiger partial charge is 0.381 e. The van der Waals surface area contributed by atoms with E-state index in [0.29, 0.717) is 31.9 Å². The standard InChI is InChI=1S/C14H23N3O3S/c1-3-7-15-13-11-12(4-8-16-13)21(18,19)17-14(2)5-9-20-10-6-14/h4,8,11,17H,3,5-7,9-10H2,1-2H3,(H,15,16). The number of hydrogen-bond donors (Lipinski definition) is 2. The molecular formula is C14H23N3O3S. The molecule has 118 valence electrons. The van der Waals surface area contributed by atoms with Crippen molar-refractivity contribution < 1.29 is 13.2 Å². The Morgan fingerprint density at radius 2 is 2.10 bits per heavy atom. The minimum atomic E-state index is -3.55. The van der Waals surface area contributed by atoms with Gasteiger partial charge >= 0.3 is 0 Å². The Balaban J connectivity index is 2.15. The molecule has 0 unspecified atom stereocenters. The van der Waals surface area contributed by atoms with E-state index in [4.69, 9.17) is 4.74 Å². The van der Waals surface area contributed by atoms with Crippen LogP contribution in [0.5, 0.6) is 0 Å². The van der Waals surface area contributed by atoms with E-state index in [-0.39, 0.29) is 4.90 Å². The summed E-state index contributed by atoms with van der Waals surface area (Å²) in [5, 5.41) is 3.10. The summed E-state index contributed by atoms with van der Waals surface area (Å²) in [6.07, 6.45) is 3.82. The van der Waals surface area contributed by atoms with Gasteiger partial charge in [-0.2, -0.15) is 0 Å². The molecule has 1 aromatic rings. The Morgan fingerprint density at radius 3 is 2.76 bits per heavy atom. The highest BCUT2D eigenvalue weighted by atomic mass is 32.2. The Morgan fingerprint density at radius 1 is 1.38 bits per heavy atom. The fraction of sp³-hybridized carbons (Fsp3) is 0.643. The summed E-state index contributed by atoms with van der Waals surface area (Å²) in [6, 6.07) is 3.09. The van der Waals surface area contributed by atoms with Gasteiger partial charge in [-0.05, 0) is 32.3 Å². The van der Waals surface area contributed by atoms with Crippen molar-refractivity contribution >= 4 is 15.8 Å². The van der Waals surface area contributed by atoms with E-state index in [1.807, 2.05) is 13.8 Å². The lowest BCUT2D eigenvalue weighted by Gasteiger charge is -2.34. The molecule has 0 amide bonds. The third-order valence-electron chi connectivity index (χ3n) is 3.57. The molecule has 1 saturated heterocycles. The van der Waals surface area contributed by atoms with Crippen LogP contribution in [0, 0.1) is 0 Å². The fourth-order valence-corrected chi connectivity index (χ4v) is 3.71. The van der Waals surface area contributed by atoms with Crippen LogP contribution in [0.4, 0.5) is 5.82 Å². The Kier molecular flexibility index (Phi) is 5.18. The molecule has 1 aromatic heterocycles. The first-order valence-corrected chi connectivity index (χ1v) is 8.75. The van der Waals surface area contributed by atoms with Crippen LogP contribution in [-0.2, 0) is 14.8 Å². The first kappa shape index (κ1) is 16.2. The Labute approximate surface area is 126 Å².